The Labute approximate surface area is 148 Å². The second-order valence-electron chi connectivity index (χ2n) is 5.27. The van der Waals surface area contributed by atoms with Gasteiger partial charge in [0.1, 0.15) is 5.75 Å². The summed E-state index contributed by atoms with van der Waals surface area (Å²) in [6, 6.07) is 5.37. The number of rotatable bonds is 8. The van der Waals surface area contributed by atoms with Gasteiger partial charge < -0.3 is 4.74 Å². The first-order chi connectivity index (χ1) is 11.5. The van der Waals surface area contributed by atoms with E-state index in [1.165, 1.54) is 17.8 Å². The van der Waals surface area contributed by atoms with E-state index in [0.717, 1.165) is 46.4 Å². The Morgan fingerprint density at radius 2 is 2.17 bits per heavy atom. The number of ether oxygens (including phenoxy) is 1. The van der Waals surface area contributed by atoms with Gasteiger partial charge in [0, 0.05) is 10.5 Å². The van der Waals surface area contributed by atoms with Gasteiger partial charge in [-0.1, -0.05) is 29.7 Å². The van der Waals surface area contributed by atoms with Gasteiger partial charge in [0.2, 0.25) is 5.12 Å². The Bertz CT molecular complexity index is 799. The molecule has 0 bridgehead atoms. The minimum absolute atomic E-state index is 0.00753. The zero-order chi connectivity index (χ0) is 17.5. The van der Waals surface area contributed by atoms with Crippen LogP contribution in [-0.4, -0.2) is 17.5 Å². The molecule has 0 amide bonds. The van der Waals surface area contributed by atoms with Crippen molar-refractivity contribution in [2.24, 2.45) is 0 Å². The summed E-state index contributed by atoms with van der Waals surface area (Å²) in [6.45, 7) is 5.61. The molecule has 1 aromatic carbocycles. The average molecular weight is 366 g/mol. The van der Waals surface area contributed by atoms with Crippen molar-refractivity contribution in [1.29, 1.82) is 0 Å². The molecule has 0 saturated heterocycles. The van der Waals surface area contributed by atoms with E-state index in [2.05, 4.69) is 6.58 Å². The number of aryl methyl sites for hydroxylation is 1. The van der Waals surface area contributed by atoms with Gasteiger partial charge in [0.05, 0.1) is 6.61 Å². The molecule has 0 saturated carbocycles. The number of hydrogen-bond acceptors (Lipinski definition) is 5. The first-order valence-corrected chi connectivity index (χ1v) is 9.48. The van der Waals surface area contributed by atoms with Gasteiger partial charge in [-0.2, -0.15) is 0 Å². The van der Waals surface area contributed by atoms with Crippen molar-refractivity contribution in [2.45, 2.75) is 26.2 Å². The second-order valence-corrected chi connectivity index (χ2v) is 7.38. The van der Waals surface area contributed by atoms with Crippen LogP contribution in [0.4, 0.5) is 4.39 Å². The normalized spacial score (nSPS) is 10.8. The lowest BCUT2D eigenvalue weighted by atomic mass is 10.1. The summed E-state index contributed by atoms with van der Waals surface area (Å²) in [5.74, 6) is 0.800. The number of hydrogen-bond donors (Lipinski definition) is 0. The van der Waals surface area contributed by atoms with Crippen LogP contribution in [-0.2, 0) is 4.79 Å². The monoisotopic (exact) mass is 366 g/mol. The van der Waals surface area contributed by atoms with Gasteiger partial charge in [0.25, 0.3) is 4.74 Å². The quantitative estimate of drug-likeness (QED) is 0.501. The van der Waals surface area contributed by atoms with Crippen molar-refractivity contribution < 1.29 is 13.9 Å². The summed E-state index contributed by atoms with van der Waals surface area (Å²) in [5.41, 5.74) is 0.381. The average Bonchev–Trinajstić information content (AvgIpc) is 2.58. The molecule has 1 heterocycles. The van der Waals surface area contributed by atoms with Crippen LogP contribution < -0.4 is 9.48 Å². The lowest BCUT2D eigenvalue weighted by Crippen LogP contribution is -2.03. The van der Waals surface area contributed by atoms with E-state index in [1.807, 2.05) is 0 Å². The smallest absolute Gasteiger partial charge is 0.268 e. The van der Waals surface area contributed by atoms with E-state index in [9.17, 15) is 14.0 Å². The number of halogens is 1. The van der Waals surface area contributed by atoms with Crippen LogP contribution in [0.25, 0.3) is 10.1 Å². The molecule has 3 nitrogen and oxygen atoms in total. The number of unbranched alkanes of at least 4 members (excludes halogenated alkanes) is 2. The van der Waals surface area contributed by atoms with E-state index < -0.39 is 10.6 Å². The van der Waals surface area contributed by atoms with E-state index >= 15 is 0 Å². The maximum Gasteiger partial charge on any atom is 0.268 e. The lowest BCUT2D eigenvalue weighted by molar-refractivity contribution is -0.107. The fourth-order valence-corrected chi connectivity index (χ4v) is 3.82. The van der Waals surface area contributed by atoms with E-state index in [1.54, 1.807) is 25.1 Å². The maximum absolute atomic E-state index is 13.6. The predicted molar refractivity (Wildman–Crippen MR) is 99.8 cm³/mol. The Morgan fingerprint density at radius 1 is 1.38 bits per heavy atom. The number of fused-ring (bicyclic) bond motifs is 1. The molecule has 24 heavy (non-hydrogen) atoms. The Morgan fingerprint density at radius 3 is 2.92 bits per heavy atom. The summed E-state index contributed by atoms with van der Waals surface area (Å²) in [6.07, 6.45) is 4.14. The molecule has 0 aliphatic rings. The SMILES string of the molecule is C=CC(=O)SCCCCCOc1ccc2c(C)c(F)c(=O)sc2c1. The first-order valence-electron chi connectivity index (χ1n) is 7.68. The highest BCUT2D eigenvalue weighted by Crippen LogP contribution is 2.26. The molecule has 0 fully saturated rings. The molecular formula is C18H19FO3S2. The van der Waals surface area contributed by atoms with Gasteiger partial charge in [-0.05, 0) is 61.4 Å². The Balaban J connectivity index is 1.83. The van der Waals surface area contributed by atoms with Crippen molar-refractivity contribution in [2.75, 3.05) is 12.4 Å². The number of carbonyl (C=O) groups excluding carboxylic acids is 1. The highest BCUT2D eigenvalue weighted by molar-refractivity contribution is 8.14. The predicted octanol–water partition coefficient (Wildman–Crippen LogP) is 4.70. The van der Waals surface area contributed by atoms with Crippen molar-refractivity contribution in [3.8, 4) is 5.75 Å². The number of thioether (sulfide) groups is 1. The molecule has 0 unspecified atom stereocenters. The van der Waals surface area contributed by atoms with Crippen LogP contribution in [0.2, 0.25) is 0 Å². The molecule has 0 aliphatic carbocycles. The molecule has 1 aromatic heterocycles. The first kappa shape index (κ1) is 18.7. The van der Waals surface area contributed by atoms with Crippen LogP contribution >= 0.6 is 23.1 Å². The fourth-order valence-electron chi connectivity index (χ4n) is 2.21. The molecule has 0 atom stereocenters. The molecule has 0 N–H and O–H groups in total. The molecule has 2 rings (SSSR count). The summed E-state index contributed by atoms with van der Waals surface area (Å²) < 4.78 is 19.5. The fraction of sp³-hybridized carbons (Fsp3) is 0.333. The zero-order valence-corrected chi connectivity index (χ0v) is 15.1. The minimum Gasteiger partial charge on any atom is -0.494 e. The van der Waals surface area contributed by atoms with Crippen molar-refractivity contribution in [3.63, 3.8) is 0 Å². The third-order valence-corrected chi connectivity index (χ3v) is 5.40. The van der Waals surface area contributed by atoms with Crippen molar-refractivity contribution in [1.82, 2.24) is 0 Å². The Hall–Kier alpha value is -1.66. The molecular weight excluding hydrogens is 347 g/mol. The van der Waals surface area contributed by atoms with Crippen LogP contribution in [0.3, 0.4) is 0 Å². The highest BCUT2D eigenvalue weighted by Gasteiger charge is 2.09. The van der Waals surface area contributed by atoms with Gasteiger partial charge >= 0.3 is 0 Å². The molecule has 2 aromatic rings. The molecule has 6 heteroatoms. The summed E-state index contributed by atoms with van der Waals surface area (Å²) in [5, 5.41) is 0.751. The van der Waals surface area contributed by atoms with E-state index in [-0.39, 0.29) is 5.12 Å². The van der Waals surface area contributed by atoms with Crippen molar-refractivity contribution >= 4 is 38.3 Å². The standard InChI is InChI=1S/C18H19FO3S2/c1-3-16(20)23-10-6-4-5-9-22-13-7-8-14-12(2)17(19)18(21)24-15(14)11-13/h3,7-8,11H,1,4-6,9-10H2,2H3. The van der Waals surface area contributed by atoms with Crippen molar-refractivity contribution in [3.05, 3.63) is 51.8 Å². The van der Waals surface area contributed by atoms with E-state index in [0.29, 0.717) is 17.9 Å². The maximum atomic E-state index is 13.6. The molecule has 128 valence electrons. The zero-order valence-electron chi connectivity index (χ0n) is 13.5. The van der Waals surface area contributed by atoms with Crippen LogP contribution in [0.5, 0.6) is 5.75 Å². The van der Waals surface area contributed by atoms with Gasteiger partial charge in [-0.25, -0.2) is 4.39 Å². The molecule has 0 spiro atoms. The van der Waals surface area contributed by atoms with E-state index in [4.69, 9.17) is 4.74 Å². The largest absolute Gasteiger partial charge is 0.494 e. The Kier molecular flexibility index (Phi) is 6.99. The number of carbonyl (C=O) groups is 1. The molecule has 0 aliphatic heterocycles. The topological polar surface area (TPSA) is 43.4 Å². The third kappa shape index (κ3) is 4.92. The lowest BCUT2D eigenvalue weighted by Gasteiger charge is -2.08. The highest BCUT2D eigenvalue weighted by atomic mass is 32.2. The van der Waals surface area contributed by atoms with Gasteiger partial charge in [-0.3, -0.25) is 9.59 Å². The third-order valence-electron chi connectivity index (χ3n) is 3.54. The van der Waals surface area contributed by atoms with Crippen LogP contribution in [0.1, 0.15) is 24.8 Å². The minimum atomic E-state index is -0.672. The van der Waals surface area contributed by atoms with Gasteiger partial charge in [-0.15, -0.1) is 0 Å². The van der Waals surface area contributed by atoms with Crippen LogP contribution in [0, 0.1) is 12.7 Å². The number of benzene rings is 1. The summed E-state index contributed by atoms with van der Waals surface area (Å²) in [7, 11) is 0. The second kappa shape index (κ2) is 8.99. The van der Waals surface area contributed by atoms with Crippen LogP contribution in [0.15, 0.2) is 35.6 Å². The van der Waals surface area contributed by atoms with Gasteiger partial charge in [0.15, 0.2) is 5.82 Å². The summed E-state index contributed by atoms with van der Waals surface area (Å²) >= 11 is 2.18. The summed E-state index contributed by atoms with van der Waals surface area (Å²) in [4.78, 5) is 22.6. The molecule has 0 radical (unpaired) electrons.